The van der Waals surface area contributed by atoms with Crippen LogP contribution >= 0.6 is 12.4 Å². The summed E-state index contributed by atoms with van der Waals surface area (Å²) in [5.74, 6) is 1.67. The van der Waals surface area contributed by atoms with Crippen LogP contribution in [0.4, 0.5) is 0 Å². The van der Waals surface area contributed by atoms with Crippen LogP contribution in [0.3, 0.4) is 0 Å². The molecule has 21 heavy (non-hydrogen) atoms. The first-order valence-corrected chi connectivity index (χ1v) is 7.76. The van der Waals surface area contributed by atoms with E-state index >= 15 is 0 Å². The first kappa shape index (κ1) is 18.0. The van der Waals surface area contributed by atoms with Crippen molar-refractivity contribution in [3.8, 4) is 0 Å². The van der Waals surface area contributed by atoms with Crippen LogP contribution < -0.4 is 11.1 Å². The Kier molecular flexibility index (Phi) is 7.76. The molecule has 2 atom stereocenters. The van der Waals surface area contributed by atoms with Crippen molar-refractivity contribution in [1.29, 1.82) is 0 Å². The summed E-state index contributed by atoms with van der Waals surface area (Å²) in [6.07, 6.45) is 6.47. The molecule has 3 N–H and O–H groups in total. The molecule has 1 aliphatic rings. The SMILES string of the molecule is CC1CCCC(CCNC(=O)c2ccc(CN)cc2)C1.Cl. The van der Waals surface area contributed by atoms with Gasteiger partial charge in [-0.2, -0.15) is 0 Å². The maximum atomic E-state index is 12.0. The molecule has 1 aliphatic carbocycles. The van der Waals surface area contributed by atoms with Crippen LogP contribution in [-0.2, 0) is 6.54 Å². The van der Waals surface area contributed by atoms with Gasteiger partial charge in [0, 0.05) is 18.7 Å². The number of rotatable bonds is 5. The van der Waals surface area contributed by atoms with Crippen LogP contribution in [0.15, 0.2) is 24.3 Å². The molecule has 1 aromatic carbocycles. The van der Waals surface area contributed by atoms with Crippen molar-refractivity contribution < 1.29 is 4.79 Å². The zero-order valence-electron chi connectivity index (χ0n) is 12.8. The maximum Gasteiger partial charge on any atom is 0.251 e. The molecule has 4 heteroatoms. The molecule has 0 aliphatic heterocycles. The highest BCUT2D eigenvalue weighted by atomic mass is 35.5. The van der Waals surface area contributed by atoms with Crippen molar-refractivity contribution in [2.75, 3.05) is 6.54 Å². The lowest BCUT2D eigenvalue weighted by Crippen LogP contribution is -2.27. The Morgan fingerprint density at radius 3 is 2.62 bits per heavy atom. The molecule has 1 amide bonds. The van der Waals surface area contributed by atoms with Crippen molar-refractivity contribution in [2.24, 2.45) is 17.6 Å². The van der Waals surface area contributed by atoms with Gasteiger partial charge in [0.05, 0.1) is 0 Å². The Balaban J connectivity index is 0.00000220. The molecule has 2 unspecified atom stereocenters. The summed E-state index contributed by atoms with van der Waals surface area (Å²) in [7, 11) is 0. The molecule has 0 bridgehead atoms. The van der Waals surface area contributed by atoms with Gasteiger partial charge in [-0.1, -0.05) is 38.3 Å². The average molecular weight is 311 g/mol. The Morgan fingerprint density at radius 2 is 2.00 bits per heavy atom. The maximum absolute atomic E-state index is 12.0. The van der Waals surface area contributed by atoms with Crippen LogP contribution in [0.25, 0.3) is 0 Å². The lowest BCUT2D eigenvalue weighted by Gasteiger charge is -2.26. The van der Waals surface area contributed by atoms with E-state index in [9.17, 15) is 4.79 Å². The molecule has 0 heterocycles. The molecule has 2 rings (SSSR count). The van der Waals surface area contributed by atoms with E-state index in [1.807, 2.05) is 24.3 Å². The molecule has 0 spiro atoms. The molecule has 3 nitrogen and oxygen atoms in total. The quantitative estimate of drug-likeness (QED) is 0.874. The Morgan fingerprint density at radius 1 is 1.29 bits per heavy atom. The summed E-state index contributed by atoms with van der Waals surface area (Å²) in [5.41, 5.74) is 7.32. The van der Waals surface area contributed by atoms with E-state index in [-0.39, 0.29) is 18.3 Å². The molecule has 1 aromatic rings. The van der Waals surface area contributed by atoms with Crippen molar-refractivity contribution in [3.05, 3.63) is 35.4 Å². The van der Waals surface area contributed by atoms with E-state index in [1.165, 1.54) is 25.7 Å². The Labute approximate surface area is 134 Å². The van der Waals surface area contributed by atoms with Gasteiger partial charge in [-0.25, -0.2) is 0 Å². The second-order valence-electron chi connectivity index (χ2n) is 6.08. The highest BCUT2D eigenvalue weighted by Gasteiger charge is 2.18. The predicted octanol–water partition coefficient (Wildman–Crippen LogP) is 3.51. The fraction of sp³-hybridized carbons (Fsp3) is 0.588. The predicted molar refractivity (Wildman–Crippen MR) is 89.7 cm³/mol. The summed E-state index contributed by atoms with van der Waals surface area (Å²) in [4.78, 5) is 12.0. The molecule has 0 aromatic heterocycles. The lowest BCUT2D eigenvalue weighted by molar-refractivity contribution is 0.0949. The largest absolute Gasteiger partial charge is 0.352 e. The number of carbonyl (C=O) groups excluding carboxylic acids is 1. The molecule has 0 saturated heterocycles. The van der Waals surface area contributed by atoms with Crippen molar-refractivity contribution >= 4 is 18.3 Å². The highest BCUT2D eigenvalue weighted by molar-refractivity contribution is 5.94. The number of carbonyl (C=O) groups is 1. The van der Waals surface area contributed by atoms with Gasteiger partial charge in [-0.05, 0) is 42.4 Å². The number of halogens is 1. The topological polar surface area (TPSA) is 55.1 Å². The summed E-state index contributed by atoms with van der Waals surface area (Å²) in [6.45, 7) is 3.64. The van der Waals surface area contributed by atoms with E-state index in [0.717, 1.165) is 35.9 Å². The Hall–Kier alpha value is -1.06. The van der Waals surface area contributed by atoms with Crippen molar-refractivity contribution in [1.82, 2.24) is 5.32 Å². The van der Waals surface area contributed by atoms with Crippen LogP contribution in [0, 0.1) is 11.8 Å². The zero-order chi connectivity index (χ0) is 14.4. The van der Waals surface area contributed by atoms with Crippen LogP contribution in [0.5, 0.6) is 0 Å². The number of hydrogen-bond donors (Lipinski definition) is 2. The number of nitrogens with one attached hydrogen (secondary N) is 1. The molecule has 1 fully saturated rings. The molecular weight excluding hydrogens is 284 g/mol. The van der Waals surface area contributed by atoms with Gasteiger partial charge in [0.15, 0.2) is 0 Å². The van der Waals surface area contributed by atoms with Crippen LogP contribution in [-0.4, -0.2) is 12.5 Å². The molecule has 118 valence electrons. The van der Waals surface area contributed by atoms with Gasteiger partial charge in [0.25, 0.3) is 5.91 Å². The van der Waals surface area contributed by atoms with Crippen molar-refractivity contribution in [2.45, 2.75) is 45.6 Å². The smallest absolute Gasteiger partial charge is 0.251 e. The molecule has 1 saturated carbocycles. The summed E-state index contributed by atoms with van der Waals surface area (Å²) < 4.78 is 0. The van der Waals surface area contributed by atoms with E-state index in [0.29, 0.717) is 6.54 Å². The number of nitrogens with two attached hydrogens (primary N) is 1. The fourth-order valence-corrected chi connectivity index (χ4v) is 3.11. The molecule has 0 radical (unpaired) electrons. The van der Waals surface area contributed by atoms with E-state index < -0.39 is 0 Å². The highest BCUT2D eigenvalue weighted by Crippen LogP contribution is 2.30. The second-order valence-corrected chi connectivity index (χ2v) is 6.08. The molecular formula is C17H27ClN2O. The third-order valence-electron chi connectivity index (χ3n) is 4.33. The third kappa shape index (κ3) is 5.68. The van der Waals surface area contributed by atoms with Gasteiger partial charge in [-0.15, -0.1) is 12.4 Å². The number of hydrogen-bond acceptors (Lipinski definition) is 2. The fourth-order valence-electron chi connectivity index (χ4n) is 3.11. The standard InChI is InChI=1S/C17H26N2O.ClH/c1-13-3-2-4-14(11-13)9-10-19-17(20)16-7-5-15(12-18)6-8-16;/h5-8,13-14H,2-4,9-12,18H2,1H3,(H,19,20);1H. The van der Waals surface area contributed by atoms with E-state index in [1.54, 1.807) is 0 Å². The summed E-state index contributed by atoms with van der Waals surface area (Å²) in [6, 6.07) is 7.52. The lowest BCUT2D eigenvalue weighted by atomic mass is 9.81. The third-order valence-corrected chi connectivity index (χ3v) is 4.33. The minimum Gasteiger partial charge on any atom is -0.352 e. The van der Waals surface area contributed by atoms with Crippen molar-refractivity contribution in [3.63, 3.8) is 0 Å². The minimum absolute atomic E-state index is 0. The monoisotopic (exact) mass is 310 g/mol. The first-order chi connectivity index (χ1) is 9.69. The van der Waals surface area contributed by atoms with Gasteiger partial charge >= 0.3 is 0 Å². The summed E-state index contributed by atoms with van der Waals surface area (Å²) in [5, 5.41) is 3.03. The normalized spacial score (nSPS) is 21.4. The Bertz CT molecular complexity index is 433. The number of benzene rings is 1. The zero-order valence-corrected chi connectivity index (χ0v) is 13.6. The average Bonchev–Trinajstić information content (AvgIpc) is 2.47. The van der Waals surface area contributed by atoms with E-state index in [4.69, 9.17) is 5.73 Å². The van der Waals surface area contributed by atoms with Gasteiger partial charge < -0.3 is 11.1 Å². The second kappa shape index (κ2) is 9.06. The minimum atomic E-state index is 0. The first-order valence-electron chi connectivity index (χ1n) is 7.76. The van der Waals surface area contributed by atoms with Gasteiger partial charge in [0.1, 0.15) is 0 Å². The van der Waals surface area contributed by atoms with Gasteiger partial charge in [-0.3, -0.25) is 4.79 Å². The number of amides is 1. The van der Waals surface area contributed by atoms with Crippen LogP contribution in [0.2, 0.25) is 0 Å². The van der Waals surface area contributed by atoms with Crippen LogP contribution in [0.1, 0.15) is 54.9 Å². The van der Waals surface area contributed by atoms with E-state index in [2.05, 4.69) is 12.2 Å². The van der Waals surface area contributed by atoms with Gasteiger partial charge in [0.2, 0.25) is 0 Å². The summed E-state index contributed by atoms with van der Waals surface area (Å²) >= 11 is 0.